The Balaban J connectivity index is 0.000000599. The molecular weight excluding hydrogens is 663 g/mol. The Hall–Kier alpha value is -6.70. The number of allylic oxidation sites excluding steroid dienone is 5. The molecule has 0 aromatic heterocycles. The van der Waals surface area contributed by atoms with Crippen LogP contribution >= 0.6 is 0 Å². The van der Waals surface area contributed by atoms with E-state index in [9.17, 15) is 0 Å². The summed E-state index contributed by atoms with van der Waals surface area (Å²) < 4.78 is 0. The molecule has 1 heteroatoms. The van der Waals surface area contributed by atoms with Crippen LogP contribution in [0.15, 0.2) is 206 Å². The normalized spacial score (nSPS) is 11.4. The lowest BCUT2D eigenvalue weighted by atomic mass is 9.84. The van der Waals surface area contributed by atoms with Gasteiger partial charge in [-0.15, -0.1) is 0 Å². The Morgan fingerprint density at radius 1 is 0.364 bits per heavy atom. The molecule has 0 aliphatic heterocycles. The van der Waals surface area contributed by atoms with Crippen molar-refractivity contribution in [3.05, 3.63) is 229 Å². The molecule has 8 aromatic rings. The van der Waals surface area contributed by atoms with Gasteiger partial charge >= 0.3 is 0 Å². The number of fused-ring (bicyclic) bond motifs is 2. The van der Waals surface area contributed by atoms with Crippen molar-refractivity contribution in [3.63, 3.8) is 0 Å². The summed E-state index contributed by atoms with van der Waals surface area (Å²) in [5, 5.41) is 5.08. The summed E-state index contributed by atoms with van der Waals surface area (Å²) in [6.45, 7) is 8.49. The van der Waals surface area contributed by atoms with Crippen molar-refractivity contribution in [1.29, 1.82) is 0 Å². The first-order valence-electron chi connectivity index (χ1n) is 19.1. The van der Waals surface area contributed by atoms with Crippen LogP contribution in [-0.2, 0) is 0 Å². The molecule has 0 aliphatic carbocycles. The van der Waals surface area contributed by atoms with Crippen LogP contribution in [0.5, 0.6) is 0 Å². The van der Waals surface area contributed by atoms with E-state index in [1.165, 1.54) is 66.1 Å². The minimum atomic E-state index is 1.12. The number of rotatable bonds is 8. The monoisotopic (exact) mass is 709 g/mol. The predicted molar refractivity (Wildman–Crippen MR) is 241 cm³/mol. The molecule has 8 rings (SSSR count). The van der Waals surface area contributed by atoms with Gasteiger partial charge in [-0.05, 0) is 113 Å². The lowest BCUT2D eigenvalue weighted by molar-refractivity contribution is 1.28. The Kier molecular flexibility index (Phi) is 11.6. The fraction of sp³-hybridized carbons (Fsp3) is 0.0741. The first-order valence-corrected chi connectivity index (χ1v) is 19.1. The molecular formula is C54H47N. The first-order chi connectivity index (χ1) is 27.0. The molecule has 1 nitrogen and oxygen atoms in total. The number of hydrogen-bond acceptors (Lipinski definition) is 1. The average Bonchev–Trinajstić information content (AvgIpc) is 3.22. The summed E-state index contributed by atoms with van der Waals surface area (Å²) in [6, 6.07) is 63.3. The third-order valence-corrected chi connectivity index (χ3v) is 9.82. The number of anilines is 3. The van der Waals surface area contributed by atoms with Crippen LogP contribution in [0.1, 0.15) is 29.2 Å². The van der Waals surface area contributed by atoms with Crippen LogP contribution in [0.25, 0.3) is 49.9 Å². The zero-order valence-electron chi connectivity index (χ0n) is 32.2. The number of aryl methyl sites for hydroxylation is 3. The molecule has 0 N–H and O–H groups in total. The van der Waals surface area contributed by atoms with E-state index in [0.717, 1.165) is 17.1 Å². The van der Waals surface area contributed by atoms with Crippen molar-refractivity contribution in [3.8, 4) is 22.3 Å². The van der Waals surface area contributed by atoms with Crippen LogP contribution in [0.3, 0.4) is 0 Å². The number of para-hydroxylation sites is 2. The molecule has 0 radical (unpaired) electrons. The van der Waals surface area contributed by atoms with Gasteiger partial charge in [0.15, 0.2) is 0 Å². The Morgan fingerprint density at radius 2 is 0.800 bits per heavy atom. The Morgan fingerprint density at radius 3 is 1.25 bits per heavy atom. The summed E-state index contributed by atoms with van der Waals surface area (Å²) in [7, 11) is 0. The van der Waals surface area contributed by atoms with Crippen molar-refractivity contribution in [2.75, 3.05) is 4.90 Å². The maximum Gasteiger partial charge on any atom is 0.0462 e. The number of hydrogen-bond donors (Lipinski definition) is 0. The third kappa shape index (κ3) is 8.59. The molecule has 0 amide bonds. The van der Waals surface area contributed by atoms with Crippen molar-refractivity contribution in [2.45, 2.75) is 27.7 Å². The molecule has 0 bridgehead atoms. The number of benzene rings is 8. The zero-order chi connectivity index (χ0) is 38.0. The van der Waals surface area contributed by atoms with Gasteiger partial charge in [-0.1, -0.05) is 193 Å². The second-order valence-electron chi connectivity index (χ2n) is 13.9. The molecule has 0 saturated heterocycles. The van der Waals surface area contributed by atoms with Crippen LogP contribution in [-0.4, -0.2) is 0 Å². The van der Waals surface area contributed by atoms with Crippen molar-refractivity contribution < 1.29 is 0 Å². The lowest BCUT2D eigenvalue weighted by Gasteiger charge is -2.26. The topological polar surface area (TPSA) is 3.24 Å². The standard InChI is InChI=1S/C47H39N.C7H8/c1-4-5-6-7-10-15-36-22-24-37(25-23-36)46-42-30-20-35(3)33-45(42)47(43-31-21-34(2)32-44(43)46)38-26-28-41(29-27-38)48(39-16-11-8-12-17-39)40-18-13-9-14-19-40;1-7-5-3-2-4-6-7/h4-33H,1-3H3;2-6H,1H3/b5-4+,7-6-,15-10-;. The maximum atomic E-state index is 2.36. The summed E-state index contributed by atoms with van der Waals surface area (Å²) in [5.41, 5.74) is 13.4. The van der Waals surface area contributed by atoms with Gasteiger partial charge < -0.3 is 4.90 Å². The molecule has 0 saturated carbocycles. The molecule has 0 heterocycles. The van der Waals surface area contributed by atoms with Crippen LogP contribution in [0.4, 0.5) is 17.1 Å². The quantitative estimate of drug-likeness (QED) is 0.112. The van der Waals surface area contributed by atoms with Gasteiger partial charge in [0.1, 0.15) is 0 Å². The van der Waals surface area contributed by atoms with E-state index >= 15 is 0 Å². The number of nitrogens with zero attached hydrogens (tertiary/aromatic N) is 1. The van der Waals surface area contributed by atoms with Crippen LogP contribution in [0.2, 0.25) is 0 Å². The molecule has 0 atom stereocenters. The molecule has 0 aliphatic rings. The first kappa shape index (κ1) is 36.6. The minimum absolute atomic E-state index is 1.12. The van der Waals surface area contributed by atoms with Gasteiger partial charge in [0.25, 0.3) is 0 Å². The van der Waals surface area contributed by atoms with Crippen LogP contribution < -0.4 is 4.90 Å². The Labute approximate surface area is 326 Å². The summed E-state index contributed by atoms with van der Waals surface area (Å²) in [6.07, 6.45) is 12.4. The van der Waals surface area contributed by atoms with Gasteiger partial charge in [0.05, 0.1) is 0 Å². The highest BCUT2D eigenvalue weighted by atomic mass is 15.1. The fourth-order valence-corrected chi connectivity index (χ4v) is 7.16. The highest BCUT2D eigenvalue weighted by molar-refractivity contribution is 6.21. The van der Waals surface area contributed by atoms with Gasteiger partial charge in [0, 0.05) is 17.1 Å². The van der Waals surface area contributed by atoms with Crippen molar-refractivity contribution in [2.24, 2.45) is 0 Å². The van der Waals surface area contributed by atoms with E-state index in [4.69, 9.17) is 0 Å². The molecule has 55 heavy (non-hydrogen) atoms. The smallest absolute Gasteiger partial charge is 0.0462 e. The molecule has 0 spiro atoms. The van der Waals surface area contributed by atoms with E-state index in [2.05, 4.69) is 202 Å². The van der Waals surface area contributed by atoms with Crippen molar-refractivity contribution in [1.82, 2.24) is 0 Å². The van der Waals surface area contributed by atoms with E-state index in [1.54, 1.807) is 0 Å². The van der Waals surface area contributed by atoms with E-state index < -0.39 is 0 Å². The summed E-state index contributed by atoms with van der Waals surface area (Å²) >= 11 is 0. The molecule has 0 fully saturated rings. The third-order valence-electron chi connectivity index (χ3n) is 9.82. The van der Waals surface area contributed by atoms with E-state index in [1.807, 2.05) is 43.4 Å². The van der Waals surface area contributed by atoms with E-state index in [-0.39, 0.29) is 0 Å². The van der Waals surface area contributed by atoms with Gasteiger partial charge in [-0.25, -0.2) is 0 Å². The SMILES string of the molecule is C/C=C/C=C\C=C/c1ccc(-c2c3ccc(C)cc3c(-c3ccc(N(c4ccccc4)c4ccccc4)cc3)c3ccc(C)cc23)cc1.Cc1ccccc1. The highest BCUT2D eigenvalue weighted by Crippen LogP contribution is 2.45. The van der Waals surface area contributed by atoms with Gasteiger partial charge in [-0.3, -0.25) is 0 Å². The summed E-state index contributed by atoms with van der Waals surface area (Å²) in [4.78, 5) is 2.31. The van der Waals surface area contributed by atoms with Gasteiger partial charge in [-0.2, -0.15) is 0 Å². The molecule has 0 unspecified atom stereocenters. The lowest BCUT2D eigenvalue weighted by Crippen LogP contribution is -2.09. The van der Waals surface area contributed by atoms with Crippen LogP contribution in [0, 0.1) is 20.8 Å². The van der Waals surface area contributed by atoms with E-state index in [0.29, 0.717) is 0 Å². The summed E-state index contributed by atoms with van der Waals surface area (Å²) in [5.74, 6) is 0. The zero-order valence-corrected chi connectivity index (χ0v) is 32.2. The fourth-order valence-electron chi connectivity index (χ4n) is 7.16. The molecule has 268 valence electrons. The largest absolute Gasteiger partial charge is 0.311 e. The minimum Gasteiger partial charge on any atom is -0.311 e. The molecule has 8 aromatic carbocycles. The second kappa shape index (κ2) is 17.4. The second-order valence-corrected chi connectivity index (χ2v) is 13.9. The van der Waals surface area contributed by atoms with Crippen molar-refractivity contribution >= 4 is 44.7 Å². The highest BCUT2D eigenvalue weighted by Gasteiger charge is 2.18. The average molecular weight is 710 g/mol. The van der Waals surface area contributed by atoms with Gasteiger partial charge in [0.2, 0.25) is 0 Å². The predicted octanol–water partition coefficient (Wildman–Crippen LogP) is 15.6. The Bertz CT molecular complexity index is 2540. The maximum absolute atomic E-state index is 2.36.